The zero-order chi connectivity index (χ0) is 16.2. The third-order valence-corrected chi connectivity index (χ3v) is 3.51. The van der Waals surface area contributed by atoms with Gasteiger partial charge in [0.1, 0.15) is 18.2 Å². The first-order valence-electron chi connectivity index (χ1n) is 7.17. The summed E-state index contributed by atoms with van der Waals surface area (Å²) in [6, 6.07) is 17.2. The number of hydrogen-bond acceptors (Lipinski definition) is 4. The highest BCUT2D eigenvalue weighted by Gasteiger charge is 2.08. The molecule has 5 heteroatoms. The van der Waals surface area contributed by atoms with Gasteiger partial charge in [0, 0.05) is 12.6 Å². The molecule has 1 N–H and O–H groups in total. The lowest BCUT2D eigenvalue weighted by molar-refractivity contribution is 0.306. The average molecular weight is 308 g/mol. The molecule has 1 aromatic heterocycles. The quantitative estimate of drug-likeness (QED) is 0.805. The predicted molar refractivity (Wildman–Crippen MR) is 87.4 cm³/mol. The highest BCUT2D eigenvalue weighted by Crippen LogP contribution is 2.21. The Bertz CT molecular complexity index is 856. The molecule has 0 aliphatic rings. The van der Waals surface area contributed by atoms with Crippen molar-refractivity contribution in [2.24, 2.45) is 7.05 Å². The van der Waals surface area contributed by atoms with E-state index in [1.54, 1.807) is 7.05 Å². The monoisotopic (exact) mass is 308 g/mol. The van der Waals surface area contributed by atoms with Crippen molar-refractivity contribution in [2.45, 2.75) is 6.61 Å². The molecule has 0 fully saturated rings. The molecule has 0 saturated heterocycles. The van der Waals surface area contributed by atoms with Crippen LogP contribution in [0.3, 0.4) is 0 Å². The van der Waals surface area contributed by atoms with Crippen LogP contribution >= 0.6 is 0 Å². The number of rotatable bonds is 4. The normalized spacial score (nSPS) is 10.5. The van der Waals surface area contributed by atoms with Crippen molar-refractivity contribution in [2.75, 3.05) is 0 Å². The zero-order valence-corrected chi connectivity index (χ0v) is 12.6. The number of nitrogens with zero attached hydrogens (tertiary/aromatic N) is 2. The van der Waals surface area contributed by atoms with E-state index in [1.807, 2.05) is 54.6 Å². The lowest BCUT2D eigenvalue weighted by Crippen LogP contribution is -2.18. The van der Waals surface area contributed by atoms with Crippen molar-refractivity contribution in [1.82, 2.24) is 9.55 Å². The third kappa shape index (κ3) is 3.23. The molecule has 0 aliphatic carbocycles. The van der Waals surface area contributed by atoms with Crippen LogP contribution in [0.4, 0.5) is 0 Å². The number of hydrogen-bond donors (Lipinski definition) is 1. The van der Waals surface area contributed by atoms with E-state index in [9.17, 15) is 9.90 Å². The van der Waals surface area contributed by atoms with E-state index in [-0.39, 0.29) is 5.75 Å². The third-order valence-electron chi connectivity index (χ3n) is 3.51. The fraction of sp³-hybridized carbons (Fsp3) is 0.111. The van der Waals surface area contributed by atoms with Crippen molar-refractivity contribution in [3.05, 3.63) is 76.7 Å². The molecule has 0 atom stereocenters. The summed E-state index contributed by atoms with van der Waals surface area (Å²) in [6.45, 7) is 0.496. The molecular weight excluding hydrogens is 292 g/mol. The van der Waals surface area contributed by atoms with Gasteiger partial charge in [0.05, 0.1) is 6.20 Å². The first-order valence-corrected chi connectivity index (χ1v) is 7.17. The summed E-state index contributed by atoms with van der Waals surface area (Å²) in [5.74, 6) is 0.864. The standard InChI is InChI=1S/C18H16N2O3/c1-20-17(19-11-16(21)18(20)22)14-7-9-15(10-8-14)23-12-13-5-3-2-4-6-13/h2-11,21H,12H2,1H3. The van der Waals surface area contributed by atoms with Crippen molar-refractivity contribution in [3.63, 3.8) is 0 Å². The molecular formula is C18H16N2O3. The molecule has 0 radical (unpaired) electrons. The minimum absolute atomic E-state index is 0.362. The number of ether oxygens (including phenoxy) is 1. The molecule has 0 aliphatic heterocycles. The maximum absolute atomic E-state index is 11.7. The van der Waals surface area contributed by atoms with Crippen LogP contribution in [0.5, 0.6) is 11.5 Å². The first kappa shape index (κ1) is 14.8. The molecule has 3 aromatic rings. The van der Waals surface area contributed by atoms with Gasteiger partial charge in [0.25, 0.3) is 5.56 Å². The van der Waals surface area contributed by atoms with Crippen LogP contribution in [-0.4, -0.2) is 14.7 Å². The molecule has 0 saturated carbocycles. The SMILES string of the molecule is Cn1c(-c2ccc(OCc3ccccc3)cc2)ncc(O)c1=O. The summed E-state index contributed by atoms with van der Waals surface area (Å²) >= 11 is 0. The molecule has 23 heavy (non-hydrogen) atoms. The molecule has 0 unspecified atom stereocenters. The van der Waals surface area contributed by atoms with E-state index >= 15 is 0 Å². The summed E-state index contributed by atoms with van der Waals surface area (Å²) < 4.78 is 7.04. The van der Waals surface area contributed by atoms with Gasteiger partial charge in [-0.25, -0.2) is 4.98 Å². The van der Waals surface area contributed by atoms with Gasteiger partial charge >= 0.3 is 0 Å². The Morgan fingerprint density at radius 2 is 1.78 bits per heavy atom. The van der Waals surface area contributed by atoms with Gasteiger partial charge in [0.15, 0.2) is 5.75 Å². The number of benzene rings is 2. The minimum atomic E-state index is -0.473. The predicted octanol–water partition coefficient (Wildman–Crippen LogP) is 2.73. The fourth-order valence-electron chi connectivity index (χ4n) is 2.24. The highest BCUT2D eigenvalue weighted by atomic mass is 16.5. The van der Waals surface area contributed by atoms with Gasteiger partial charge in [0.2, 0.25) is 0 Å². The van der Waals surface area contributed by atoms with Crippen molar-refractivity contribution >= 4 is 0 Å². The Balaban J connectivity index is 1.77. The molecule has 0 spiro atoms. The van der Waals surface area contributed by atoms with Gasteiger partial charge in [-0.05, 0) is 29.8 Å². The van der Waals surface area contributed by atoms with E-state index in [0.29, 0.717) is 12.4 Å². The Hall–Kier alpha value is -3.08. The Morgan fingerprint density at radius 1 is 1.09 bits per heavy atom. The Labute approximate surface area is 133 Å². The maximum Gasteiger partial charge on any atom is 0.295 e. The average Bonchev–Trinajstić information content (AvgIpc) is 2.60. The Kier molecular flexibility index (Phi) is 4.10. The lowest BCUT2D eigenvalue weighted by atomic mass is 10.2. The van der Waals surface area contributed by atoms with Gasteiger partial charge in [-0.1, -0.05) is 30.3 Å². The van der Waals surface area contributed by atoms with Crippen LogP contribution in [0, 0.1) is 0 Å². The summed E-state index contributed by atoms with van der Waals surface area (Å²) in [4.78, 5) is 15.8. The van der Waals surface area contributed by atoms with Crippen LogP contribution in [0.25, 0.3) is 11.4 Å². The van der Waals surface area contributed by atoms with Gasteiger partial charge in [-0.2, -0.15) is 0 Å². The number of aromatic hydroxyl groups is 1. The number of aromatic nitrogens is 2. The van der Waals surface area contributed by atoms with E-state index in [1.165, 1.54) is 4.57 Å². The highest BCUT2D eigenvalue weighted by molar-refractivity contribution is 5.56. The van der Waals surface area contributed by atoms with E-state index < -0.39 is 5.56 Å². The second-order valence-corrected chi connectivity index (χ2v) is 5.13. The topological polar surface area (TPSA) is 64.3 Å². The molecule has 3 rings (SSSR count). The molecule has 0 amide bonds. The van der Waals surface area contributed by atoms with Gasteiger partial charge in [-0.15, -0.1) is 0 Å². The van der Waals surface area contributed by atoms with Gasteiger partial charge < -0.3 is 9.84 Å². The molecule has 5 nitrogen and oxygen atoms in total. The summed E-state index contributed by atoms with van der Waals surface area (Å²) in [5, 5.41) is 9.38. The van der Waals surface area contributed by atoms with Gasteiger partial charge in [-0.3, -0.25) is 9.36 Å². The Morgan fingerprint density at radius 3 is 2.48 bits per heavy atom. The van der Waals surface area contributed by atoms with Crippen molar-refractivity contribution < 1.29 is 9.84 Å². The van der Waals surface area contributed by atoms with E-state index in [2.05, 4.69) is 4.98 Å². The fourth-order valence-corrected chi connectivity index (χ4v) is 2.24. The molecule has 1 heterocycles. The van der Waals surface area contributed by atoms with Crippen LogP contribution < -0.4 is 10.3 Å². The van der Waals surface area contributed by atoms with Crippen molar-refractivity contribution in [3.8, 4) is 22.9 Å². The second kappa shape index (κ2) is 6.36. The molecule has 2 aromatic carbocycles. The van der Waals surface area contributed by atoms with E-state index in [0.717, 1.165) is 23.1 Å². The summed E-state index contributed by atoms with van der Waals surface area (Å²) in [7, 11) is 1.57. The molecule has 0 bridgehead atoms. The second-order valence-electron chi connectivity index (χ2n) is 5.13. The van der Waals surface area contributed by atoms with Crippen LogP contribution in [0.2, 0.25) is 0 Å². The van der Waals surface area contributed by atoms with Crippen LogP contribution in [0.15, 0.2) is 65.6 Å². The summed E-state index contributed by atoms with van der Waals surface area (Å²) in [6.07, 6.45) is 1.16. The largest absolute Gasteiger partial charge is 0.502 e. The van der Waals surface area contributed by atoms with Crippen LogP contribution in [-0.2, 0) is 13.7 Å². The van der Waals surface area contributed by atoms with Crippen LogP contribution in [0.1, 0.15) is 5.56 Å². The van der Waals surface area contributed by atoms with E-state index in [4.69, 9.17) is 4.74 Å². The molecule has 116 valence electrons. The lowest BCUT2D eigenvalue weighted by Gasteiger charge is -2.09. The maximum atomic E-state index is 11.7. The zero-order valence-electron chi connectivity index (χ0n) is 12.6. The summed E-state index contributed by atoms with van der Waals surface area (Å²) in [5.41, 5.74) is 1.40. The minimum Gasteiger partial charge on any atom is -0.502 e. The smallest absolute Gasteiger partial charge is 0.295 e. The van der Waals surface area contributed by atoms with Crippen molar-refractivity contribution in [1.29, 1.82) is 0 Å². The first-order chi connectivity index (χ1) is 11.1.